The van der Waals surface area contributed by atoms with Crippen molar-refractivity contribution in [3.63, 3.8) is 0 Å². The second kappa shape index (κ2) is 7.14. The van der Waals surface area contributed by atoms with Gasteiger partial charge in [-0.2, -0.15) is 0 Å². The van der Waals surface area contributed by atoms with Gasteiger partial charge in [0.1, 0.15) is 11.9 Å². The molecule has 21 heavy (non-hydrogen) atoms. The van der Waals surface area contributed by atoms with Crippen molar-refractivity contribution in [2.45, 2.75) is 36.8 Å². The molecule has 2 atom stereocenters. The lowest BCUT2D eigenvalue weighted by Crippen LogP contribution is -2.27. The molecule has 0 heterocycles. The van der Waals surface area contributed by atoms with Gasteiger partial charge >= 0.3 is 0 Å². The number of nitrogen functional groups attached to an aromatic ring is 1. The number of allylic oxidation sites excluding steroid dienone is 2. The van der Waals surface area contributed by atoms with E-state index >= 15 is 0 Å². The van der Waals surface area contributed by atoms with Gasteiger partial charge in [-0.25, -0.2) is 0 Å². The average Bonchev–Trinajstić information content (AvgIpc) is 2.50. The van der Waals surface area contributed by atoms with Crippen molar-refractivity contribution < 1.29 is 9.47 Å². The fraction of sp³-hybridized carbons (Fsp3) is 0.412. The zero-order valence-electron chi connectivity index (χ0n) is 12.5. The zero-order valence-corrected chi connectivity index (χ0v) is 14.1. The minimum Gasteiger partial charge on any atom is -0.486 e. The Labute approximate surface area is 134 Å². The Hall–Kier alpha value is -1.26. The maximum atomic E-state index is 6.26. The van der Waals surface area contributed by atoms with Gasteiger partial charge < -0.3 is 15.2 Å². The first kappa shape index (κ1) is 16.1. The minimum atomic E-state index is -0.662. The molecule has 0 fully saturated rings. The summed E-state index contributed by atoms with van der Waals surface area (Å²) in [4.78, 5) is 0. The molecule has 2 rings (SSSR count). The van der Waals surface area contributed by atoms with Crippen LogP contribution in [0.2, 0.25) is 0 Å². The molecule has 0 bridgehead atoms. The molecule has 2 unspecified atom stereocenters. The van der Waals surface area contributed by atoms with Crippen molar-refractivity contribution in [3.8, 4) is 0 Å². The molecule has 2 N–H and O–H groups in total. The smallest absolute Gasteiger partial charge is 0.197 e. The normalized spacial score (nSPS) is 22.7. The van der Waals surface area contributed by atoms with Gasteiger partial charge in [0.2, 0.25) is 0 Å². The van der Waals surface area contributed by atoms with Crippen LogP contribution in [0.3, 0.4) is 0 Å². The van der Waals surface area contributed by atoms with Gasteiger partial charge in [0.05, 0.1) is 0 Å². The highest BCUT2D eigenvalue weighted by atomic mass is 79.9. The SMILES string of the molecule is CCCC(OC1=CCC=CC1(Br)OC)c1ccc(N)cc1. The minimum absolute atomic E-state index is 0.000394. The third-order valence-electron chi connectivity index (χ3n) is 3.53. The molecule has 114 valence electrons. The predicted molar refractivity (Wildman–Crippen MR) is 90.1 cm³/mol. The fourth-order valence-corrected chi connectivity index (χ4v) is 2.78. The standard InChI is InChI=1S/C17H22BrNO2/c1-3-6-15(13-8-10-14(19)11-9-13)21-16-7-4-5-12-17(16,18)20-2/h5,7-12,15H,3-4,6,19H2,1-2H3. The number of alkyl halides is 1. The predicted octanol–water partition coefficient (Wildman–Crippen LogP) is 4.71. The van der Waals surface area contributed by atoms with E-state index in [1.54, 1.807) is 7.11 Å². The molecule has 0 aliphatic heterocycles. The third kappa shape index (κ3) is 3.89. The molecule has 1 aromatic carbocycles. The van der Waals surface area contributed by atoms with E-state index in [-0.39, 0.29) is 6.10 Å². The lowest BCUT2D eigenvalue weighted by molar-refractivity contribution is 0.0302. The van der Waals surface area contributed by atoms with Crippen LogP contribution in [-0.4, -0.2) is 11.6 Å². The van der Waals surface area contributed by atoms with Gasteiger partial charge in [-0.05, 0) is 58.6 Å². The van der Waals surface area contributed by atoms with Crippen LogP contribution >= 0.6 is 15.9 Å². The van der Waals surface area contributed by atoms with Crippen molar-refractivity contribution in [1.82, 2.24) is 0 Å². The first-order valence-corrected chi connectivity index (χ1v) is 8.03. The van der Waals surface area contributed by atoms with E-state index in [1.165, 1.54) is 0 Å². The summed E-state index contributed by atoms with van der Waals surface area (Å²) in [7, 11) is 1.67. The Morgan fingerprint density at radius 3 is 2.67 bits per heavy atom. The number of benzene rings is 1. The highest BCUT2D eigenvalue weighted by Gasteiger charge is 2.33. The Balaban J connectivity index is 2.20. The molecule has 0 spiro atoms. The number of hydrogen-bond donors (Lipinski definition) is 1. The number of rotatable bonds is 6. The van der Waals surface area contributed by atoms with Crippen molar-refractivity contribution in [2.75, 3.05) is 12.8 Å². The summed E-state index contributed by atoms with van der Waals surface area (Å²) < 4.78 is 11.1. The highest BCUT2D eigenvalue weighted by molar-refractivity contribution is 9.10. The number of hydrogen-bond acceptors (Lipinski definition) is 3. The third-order valence-corrected chi connectivity index (χ3v) is 4.51. The summed E-state index contributed by atoms with van der Waals surface area (Å²) in [6, 6.07) is 7.87. The van der Waals surface area contributed by atoms with Crippen LogP contribution in [0.15, 0.2) is 48.3 Å². The van der Waals surface area contributed by atoms with Crippen LogP contribution in [0.5, 0.6) is 0 Å². The summed E-state index contributed by atoms with van der Waals surface area (Å²) in [6.07, 6.45) is 8.93. The van der Waals surface area contributed by atoms with Crippen LogP contribution < -0.4 is 5.73 Å². The van der Waals surface area contributed by atoms with E-state index in [2.05, 4.69) is 35.0 Å². The summed E-state index contributed by atoms with van der Waals surface area (Å²) in [5, 5.41) is 0. The molecule has 0 radical (unpaired) electrons. The molecular weight excluding hydrogens is 330 g/mol. The van der Waals surface area contributed by atoms with Crippen LogP contribution in [0.1, 0.15) is 37.9 Å². The summed E-state index contributed by atoms with van der Waals surface area (Å²) in [5.41, 5.74) is 7.66. The van der Waals surface area contributed by atoms with Gasteiger partial charge in [-0.15, -0.1) is 0 Å². The van der Waals surface area contributed by atoms with Crippen molar-refractivity contribution in [1.29, 1.82) is 0 Å². The first-order chi connectivity index (χ1) is 10.1. The molecule has 0 saturated carbocycles. The van der Waals surface area contributed by atoms with Gasteiger partial charge in [-0.1, -0.05) is 31.6 Å². The van der Waals surface area contributed by atoms with Crippen LogP contribution in [0, 0.1) is 0 Å². The van der Waals surface area contributed by atoms with E-state index in [4.69, 9.17) is 15.2 Å². The zero-order chi connectivity index (χ0) is 15.3. The van der Waals surface area contributed by atoms with Crippen LogP contribution in [-0.2, 0) is 9.47 Å². The second-order valence-corrected chi connectivity index (χ2v) is 6.30. The van der Waals surface area contributed by atoms with E-state index in [9.17, 15) is 0 Å². The highest BCUT2D eigenvalue weighted by Crippen LogP contribution is 2.38. The Kier molecular flexibility index (Phi) is 5.48. The maximum Gasteiger partial charge on any atom is 0.197 e. The molecule has 1 aromatic rings. The molecular formula is C17H22BrNO2. The Bertz CT molecular complexity index is 524. The summed E-state index contributed by atoms with van der Waals surface area (Å²) in [5.74, 6) is 0.808. The molecule has 0 aromatic heterocycles. The van der Waals surface area contributed by atoms with E-state index in [0.29, 0.717) is 0 Å². The van der Waals surface area contributed by atoms with Gasteiger partial charge in [0, 0.05) is 12.8 Å². The maximum absolute atomic E-state index is 6.26. The van der Waals surface area contributed by atoms with Crippen molar-refractivity contribution >= 4 is 21.6 Å². The molecule has 0 amide bonds. The monoisotopic (exact) mass is 351 g/mol. The van der Waals surface area contributed by atoms with Gasteiger partial charge in [0.15, 0.2) is 4.51 Å². The van der Waals surface area contributed by atoms with Gasteiger partial charge in [0.25, 0.3) is 0 Å². The average molecular weight is 352 g/mol. The Morgan fingerprint density at radius 2 is 2.05 bits per heavy atom. The molecule has 0 saturated heterocycles. The van der Waals surface area contributed by atoms with E-state index < -0.39 is 4.51 Å². The van der Waals surface area contributed by atoms with E-state index in [1.807, 2.05) is 30.3 Å². The number of halogens is 1. The van der Waals surface area contributed by atoms with Crippen molar-refractivity contribution in [2.24, 2.45) is 0 Å². The number of methoxy groups -OCH3 is 1. The largest absolute Gasteiger partial charge is 0.486 e. The van der Waals surface area contributed by atoms with Gasteiger partial charge in [-0.3, -0.25) is 0 Å². The summed E-state index contributed by atoms with van der Waals surface area (Å²) in [6.45, 7) is 2.15. The fourth-order valence-electron chi connectivity index (χ4n) is 2.33. The number of ether oxygens (including phenoxy) is 2. The molecule has 1 aliphatic carbocycles. The lowest BCUT2D eigenvalue weighted by Gasteiger charge is -2.31. The Morgan fingerprint density at radius 1 is 1.33 bits per heavy atom. The number of nitrogens with two attached hydrogens (primary N) is 1. The van der Waals surface area contributed by atoms with Crippen molar-refractivity contribution in [3.05, 3.63) is 53.8 Å². The topological polar surface area (TPSA) is 44.5 Å². The molecule has 4 heteroatoms. The lowest BCUT2D eigenvalue weighted by atomic mass is 10.0. The van der Waals surface area contributed by atoms with E-state index in [0.717, 1.165) is 36.3 Å². The second-order valence-electron chi connectivity index (χ2n) is 5.12. The molecule has 1 aliphatic rings. The van der Waals surface area contributed by atoms with Crippen LogP contribution in [0.25, 0.3) is 0 Å². The first-order valence-electron chi connectivity index (χ1n) is 7.23. The van der Waals surface area contributed by atoms with Crippen LogP contribution in [0.4, 0.5) is 5.69 Å². The number of anilines is 1. The molecule has 3 nitrogen and oxygen atoms in total. The quantitative estimate of drug-likeness (QED) is 0.458. The summed E-state index contributed by atoms with van der Waals surface area (Å²) >= 11 is 3.60.